The molecule has 2 heteroatoms. The van der Waals surface area contributed by atoms with E-state index >= 15 is 0 Å². The first kappa shape index (κ1) is 30.4. The zero-order valence-corrected chi connectivity index (χ0v) is 29.2. The van der Waals surface area contributed by atoms with E-state index in [-0.39, 0.29) is 0 Å². The monoisotopic (exact) mass is 679 g/mol. The van der Waals surface area contributed by atoms with Crippen LogP contribution in [0.3, 0.4) is 0 Å². The third kappa shape index (κ3) is 5.24. The number of thiophene rings is 1. The van der Waals surface area contributed by atoms with Gasteiger partial charge >= 0.3 is 0 Å². The molecule has 52 heavy (non-hydrogen) atoms. The van der Waals surface area contributed by atoms with Crippen LogP contribution in [0.1, 0.15) is 0 Å². The lowest BCUT2D eigenvalue weighted by Crippen LogP contribution is -2.10. The van der Waals surface area contributed by atoms with Gasteiger partial charge in [0.1, 0.15) is 0 Å². The summed E-state index contributed by atoms with van der Waals surface area (Å²) in [6.45, 7) is 0. The Labute approximate surface area is 307 Å². The molecule has 9 aromatic carbocycles. The summed E-state index contributed by atoms with van der Waals surface area (Å²) < 4.78 is 2.61. The van der Waals surface area contributed by atoms with Crippen molar-refractivity contribution < 1.29 is 0 Å². The van der Waals surface area contributed by atoms with Gasteiger partial charge in [0, 0.05) is 26.8 Å². The number of hydrogen-bond donors (Lipinski definition) is 0. The predicted molar refractivity (Wildman–Crippen MR) is 225 cm³/mol. The second kappa shape index (κ2) is 12.7. The molecule has 0 spiro atoms. The normalized spacial score (nSPS) is 11.5. The maximum atomic E-state index is 2.45. The minimum atomic E-state index is 1.12. The standard InChI is InChI=1S/C50H33NS/c1-3-13-36(14-4-1)43-31-29-42(33-47(43)37-15-5-2-6-16-37)51(41-27-24-35(25-28-41)40-23-22-34-12-7-8-18-39(34)32-40)48-21-11-20-45-46-30-26-38-17-9-10-19-44(38)49(46)52-50(45)48/h1-33H. The minimum Gasteiger partial charge on any atom is -0.309 e. The molecule has 0 aliphatic rings. The second-order valence-electron chi connectivity index (χ2n) is 13.3. The van der Waals surface area contributed by atoms with Crippen LogP contribution in [0.2, 0.25) is 0 Å². The molecule has 1 nitrogen and oxygen atoms in total. The summed E-state index contributed by atoms with van der Waals surface area (Å²) in [6, 6.07) is 72.9. The minimum absolute atomic E-state index is 1.12. The van der Waals surface area contributed by atoms with Crippen LogP contribution in [-0.4, -0.2) is 0 Å². The van der Waals surface area contributed by atoms with Crippen LogP contribution in [0.15, 0.2) is 200 Å². The summed E-state index contributed by atoms with van der Waals surface area (Å²) >= 11 is 1.90. The third-order valence-corrected chi connectivity index (χ3v) is 11.5. The van der Waals surface area contributed by atoms with Crippen LogP contribution < -0.4 is 4.90 Å². The van der Waals surface area contributed by atoms with E-state index in [4.69, 9.17) is 0 Å². The lowest BCUT2D eigenvalue weighted by atomic mass is 9.93. The molecule has 0 saturated heterocycles. The number of hydrogen-bond acceptors (Lipinski definition) is 2. The molecule has 0 aliphatic carbocycles. The Hall–Kier alpha value is -6.48. The van der Waals surface area contributed by atoms with E-state index < -0.39 is 0 Å². The highest BCUT2D eigenvalue weighted by molar-refractivity contribution is 7.27. The maximum Gasteiger partial charge on any atom is 0.0640 e. The average Bonchev–Trinajstić information content (AvgIpc) is 3.62. The van der Waals surface area contributed by atoms with Crippen LogP contribution in [0.5, 0.6) is 0 Å². The molecule has 0 atom stereocenters. The Bertz CT molecular complexity index is 2890. The fraction of sp³-hybridized carbons (Fsp3) is 0. The molecule has 0 N–H and O–H groups in total. The molecule has 1 heterocycles. The van der Waals surface area contributed by atoms with E-state index in [2.05, 4.69) is 205 Å². The highest BCUT2D eigenvalue weighted by Crippen LogP contribution is 2.48. The van der Waals surface area contributed by atoms with Gasteiger partial charge in [-0.3, -0.25) is 0 Å². The molecule has 0 unspecified atom stereocenters. The molecule has 244 valence electrons. The van der Waals surface area contributed by atoms with Gasteiger partial charge < -0.3 is 4.90 Å². The van der Waals surface area contributed by atoms with Crippen molar-refractivity contribution in [1.29, 1.82) is 0 Å². The first-order valence-electron chi connectivity index (χ1n) is 17.8. The maximum absolute atomic E-state index is 2.45. The van der Waals surface area contributed by atoms with E-state index in [0.29, 0.717) is 0 Å². The Morgan fingerprint density at radius 1 is 0.308 bits per heavy atom. The summed E-state index contributed by atoms with van der Waals surface area (Å²) in [6.07, 6.45) is 0. The van der Waals surface area contributed by atoms with Crippen molar-refractivity contribution in [2.45, 2.75) is 0 Å². The Morgan fingerprint density at radius 3 is 1.69 bits per heavy atom. The number of anilines is 3. The Morgan fingerprint density at radius 2 is 0.904 bits per heavy atom. The molecule has 0 fully saturated rings. The fourth-order valence-corrected chi connectivity index (χ4v) is 9.02. The molecule has 0 saturated carbocycles. The summed E-state index contributed by atoms with van der Waals surface area (Å²) in [7, 11) is 0. The largest absolute Gasteiger partial charge is 0.309 e. The van der Waals surface area contributed by atoms with Gasteiger partial charge in [0.05, 0.1) is 10.4 Å². The van der Waals surface area contributed by atoms with Crippen LogP contribution in [-0.2, 0) is 0 Å². The topological polar surface area (TPSA) is 3.24 Å². The Kier molecular flexibility index (Phi) is 7.41. The van der Waals surface area contributed by atoms with Crippen molar-refractivity contribution in [2.24, 2.45) is 0 Å². The molecule has 0 bridgehead atoms. The van der Waals surface area contributed by atoms with Crippen LogP contribution in [0.4, 0.5) is 17.1 Å². The lowest BCUT2D eigenvalue weighted by Gasteiger charge is -2.27. The smallest absolute Gasteiger partial charge is 0.0640 e. The number of fused-ring (bicyclic) bond motifs is 6. The highest BCUT2D eigenvalue weighted by atomic mass is 32.1. The van der Waals surface area contributed by atoms with Gasteiger partial charge in [-0.15, -0.1) is 11.3 Å². The van der Waals surface area contributed by atoms with E-state index in [9.17, 15) is 0 Å². The molecule has 10 aromatic rings. The van der Waals surface area contributed by atoms with E-state index in [1.54, 1.807) is 0 Å². The fourth-order valence-electron chi connectivity index (χ4n) is 7.68. The molecule has 0 radical (unpaired) electrons. The van der Waals surface area contributed by atoms with Gasteiger partial charge in [0.2, 0.25) is 0 Å². The highest BCUT2D eigenvalue weighted by Gasteiger charge is 2.21. The van der Waals surface area contributed by atoms with Gasteiger partial charge in [-0.05, 0) is 91.3 Å². The Balaban J connectivity index is 1.19. The molecular formula is C50H33NS. The van der Waals surface area contributed by atoms with Gasteiger partial charge in [-0.25, -0.2) is 0 Å². The quantitative estimate of drug-likeness (QED) is 0.169. The summed E-state index contributed by atoms with van der Waals surface area (Å²) in [5.74, 6) is 0. The number of benzene rings is 9. The zero-order chi connectivity index (χ0) is 34.4. The van der Waals surface area contributed by atoms with E-state index in [1.165, 1.54) is 80.8 Å². The SMILES string of the molecule is c1ccc(-c2ccc(N(c3ccc(-c4ccc5ccccc5c4)cc3)c3cccc4c3sc3c5ccccc5ccc43)cc2-c2ccccc2)cc1. The van der Waals surface area contributed by atoms with Crippen molar-refractivity contribution in [1.82, 2.24) is 0 Å². The van der Waals surface area contributed by atoms with Gasteiger partial charge in [-0.1, -0.05) is 164 Å². The molecule has 0 amide bonds. The summed E-state index contributed by atoms with van der Waals surface area (Å²) in [4.78, 5) is 2.45. The zero-order valence-electron chi connectivity index (χ0n) is 28.4. The predicted octanol–water partition coefficient (Wildman–Crippen LogP) is 14.8. The second-order valence-corrected chi connectivity index (χ2v) is 14.3. The van der Waals surface area contributed by atoms with Crippen molar-refractivity contribution in [2.75, 3.05) is 4.90 Å². The first-order valence-corrected chi connectivity index (χ1v) is 18.6. The molecule has 0 aliphatic heterocycles. The number of rotatable bonds is 6. The summed E-state index contributed by atoms with van der Waals surface area (Å²) in [5, 5.41) is 7.67. The van der Waals surface area contributed by atoms with Crippen molar-refractivity contribution in [3.63, 3.8) is 0 Å². The lowest BCUT2D eigenvalue weighted by molar-refractivity contribution is 1.30. The van der Waals surface area contributed by atoms with Gasteiger partial charge in [0.25, 0.3) is 0 Å². The average molecular weight is 680 g/mol. The third-order valence-electron chi connectivity index (χ3n) is 10.2. The van der Waals surface area contributed by atoms with Crippen LogP contribution in [0.25, 0.3) is 75.1 Å². The molecular weight excluding hydrogens is 647 g/mol. The van der Waals surface area contributed by atoms with Crippen molar-refractivity contribution in [3.8, 4) is 33.4 Å². The number of nitrogens with zero attached hydrogens (tertiary/aromatic N) is 1. The van der Waals surface area contributed by atoms with Crippen molar-refractivity contribution in [3.05, 3.63) is 200 Å². The van der Waals surface area contributed by atoms with Gasteiger partial charge in [-0.2, -0.15) is 0 Å². The van der Waals surface area contributed by atoms with E-state index in [0.717, 1.165) is 11.4 Å². The van der Waals surface area contributed by atoms with Crippen LogP contribution >= 0.6 is 11.3 Å². The van der Waals surface area contributed by atoms with E-state index in [1.807, 2.05) is 11.3 Å². The van der Waals surface area contributed by atoms with Gasteiger partial charge in [0.15, 0.2) is 0 Å². The first-order chi connectivity index (χ1) is 25.8. The summed E-state index contributed by atoms with van der Waals surface area (Å²) in [5.41, 5.74) is 10.6. The molecule has 10 rings (SSSR count). The molecule has 1 aromatic heterocycles. The van der Waals surface area contributed by atoms with Crippen molar-refractivity contribution >= 4 is 70.1 Å². The van der Waals surface area contributed by atoms with Crippen LogP contribution in [0, 0.1) is 0 Å².